The molecule has 0 atom stereocenters. The van der Waals surface area contributed by atoms with Crippen molar-refractivity contribution in [2.75, 3.05) is 32.5 Å². The van der Waals surface area contributed by atoms with Crippen LogP contribution in [0.4, 0.5) is 11.4 Å². The van der Waals surface area contributed by atoms with Crippen molar-refractivity contribution in [2.24, 2.45) is 0 Å². The minimum Gasteiger partial charge on any atom is -0.370 e. The van der Waals surface area contributed by atoms with Crippen molar-refractivity contribution in [3.8, 4) is 0 Å². The molecule has 3 rings (SSSR count). The van der Waals surface area contributed by atoms with Crippen molar-refractivity contribution in [3.63, 3.8) is 0 Å². The van der Waals surface area contributed by atoms with Crippen LogP contribution >= 0.6 is 27.5 Å². The zero-order valence-electron chi connectivity index (χ0n) is 15.9. The predicted octanol–water partition coefficient (Wildman–Crippen LogP) is 3.61. The topological polar surface area (TPSA) is 108 Å². The van der Waals surface area contributed by atoms with E-state index >= 15 is 0 Å². The third-order valence-electron chi connectivity index (χ3n) is 4.60. The first kappa shape index (κ1) is 21.3. The Morgan fingerprint density at radius 1 is 1.31 bits per heavy atom. The van der Waals surface area contributed by atoms with E-state index in [0.717, 1.165) is 11.9 Å². The lowest BCUT2D eigenvalue weighted by atomic mass is 10.1. The number of nitrogens with zero attached hydrogens (tertiary/aromatic N) is 4. The summed E-state index contributed by atoms with van der Waals surface area (Å²) in [5.74, 6) is 0. The maximum absolute atomic E-state index is 11.7. The number of likely N-dealkylation sites (N-methyl/N-ethyl adjacent to an activating group) is 1. The molecule has 1 heterocycles. The van der Waals surface area contributed by atoms with Crippen molar-refractivity contribution < 1.29 is 18.9 Å². The van der Waals surface area contributed by atoms with E-state index in [1.807, 2.05) is 0 Å². The maximum atomic E-state index is 11.7. The molecule has 0 fully saturated rings. The first-order valence-electron chi connectivity index (χ1n) is 8.78. The lowest BCUT2D eigenvalue weighted by molar-refractivity contribution is -0.902. The van der Waals surface area contributed by atoms with Crippen LogP contribution in [-0.4, -0.2) is 41.7 Å². The molecule has 0 aliphatic carbocycles. The third kappa shape index (κ3) is 4.77. The van der Waals surface area contributed by atoms with E-state index in [0.29, 0.717) is 17.6 Å². The number of nitrogens with one attached hydrogen (secondary N) is 1. The number of nitro benzene ring substituents is 1. The second-order valence-corrected chi connectivity index (χ2v) is 8.30. The number of anilines is 1. The van der Waals surface area contributed by atoms with Gasteiger partial charge >= 0.3 is 5.69 Å². The molecule has 0 amide bonds. The van der Waals surface area contributed by atoms with Crippen LogP contribution in [0.5, 0.6) is 0 Å². The van der Waals surface area contributed by atoms with Gasteiger partial charge in [0.05, 0.1) is 32.1 Å². The number of fused-ring (bicyclic) bond motifs is 1. The molecule has 0 saturated heterocycles. The van der Waals surface area contributed by atoms with Crippen molar-refractivity contribution in [1.29, 1.82) is 0 Å². The Labute approximate surface area is 180 Å². The molecule has 29 heavy (non-hydrogen) atoms. The molecule has 0 aliphatic heterocycles. The van der Waals surface area contributed by atoms with Gasteiger partial charge in [0.2, 0.25) is 5.52 Å². The van der Waals surface area contributed by atoms with Crippen molar-refractivity contribution in [3.05, 3.63) is 61.8 Å². The number of halogens is 2. The van der Waals surface area contributed by atoms with Gasteiger partial charge in [0.25, 0.3) is 5.52 Å². The van der Waals surface area contributed by atoms with Gasteiger partial charge in [0.15, 0.2) is 5.69 Å². The molecule has 0 unspecified atom stereocenters. The zero-order chi connectivity index (χ0) is 21.2. The van der Waals surface area contributed by atoms with Gasteiger partial charge in [0.1, 0.15) is 11.6 Å². The minimum absolute atomic E-state index is 0.0312. The summed E-state index contributed by atoms with van der Waals surface area (Å²) in [6.45, 7) is 1.87. The van der Waals surface area contributed by atoms with E-state index in [-0.39, 0.29) is 32.3 Å². The second kappa shape index (κ2) is 8.52. The molecule has 154 valence electrons. The fourth-order valence-electron chi connectivity index (χ4n) is 3.11. The summed E-state index contributed by atoms with van der Waals surface area (Å²) in [7, 11) is 4.15. The standard InChI is InChI=1S/C18H20BrClN5O4/c1-25(2,11-13-5-3-12(10-19)4-6-13)8-7-21-17-16-15(24(28)29-22-16)9-14(20)18(17)23(26)27/h3-6,9,21H,7-8,10-11H2,1-2H3/q+1. The Morgan fingerprint density at radius 2 is 1.97 bits per heavy atom. The summed E-state index contributed by atoms with van der Waals surface area (Å²) in [4.78, 5) is 11.1. The molecule has 9 nitrogen and oxygen atoms in total. The molecule has 0 aliphatic rings. The van der Waals surface area contributed by atoms with Crippen LogP contribution in [0, 0.1) is 15.3 Å². The van der Waals surface area contributed by atoms with Gasteiger partial charge in [-0.25, -0.2) is 0 Å². The lowest BCUT2D eigenvalue weighted by Gasteiger charge is -2.30. The van der Waals surface area contributed by atoms with Crippen LogP contribution in [0.25, 0.3) is 11.0 Å². The van der Waals surface area contributed by atoms with E-state index in [9.17, 15) is 15.3 Å². The molecule has 0 saturated carbocycles. The molecule has 0 radical (unpaired) electrons. The number of hydrogen-bond donors (Lipinski definition) is 1. The highest BCUT2D eigenvalue weighted by Crippen LogP contribution is 2.37. The van der Waals surface area contributed by atoms with Gasteiger partial charge in [-0.15, -0.1) is 0 Å². The highest BCUT2D eigenvalue weighted by Gasteiger charge is 2.29. The SMILES string of the molecule is C[N+](C)(CCNc1c([N+](=O)[O-])c(Cl)cc2c1no[n+]2[O-])Cc1ccc(CBr)cc1. The number of aromatic nitrogens is 2. The van der Waals surface area contributed by atoms with E-state index in [1.54, 1.807) is 0 Å². The van der Waals surface area contributed by atoms with Crippen molar-refractivity contribution in [1.82, 2.24) is 5.16 Å². The van der Waals surface area contributed by atoms with Crippen LogP contribution < -0.4 is 10.2 Å². The second-order valence-electron chi connectivity index (χ2n) is 7.33. The molecule has 0 spiro atoms. The lowest BCUT2D eigenvalue weighted by Crippen LogP contribution is -2.42. The normalized spacial score (nSPS) is 11.7. The summed E-state index contributed by atoms with van der Waals surface area (Å²) in [5, 5.41) is 30.5. The van der Waals surface area contributed by atoms with E-state index < -0.39 is 4.92 Å². The molecule has 2 aromatic carbocycles. The Bertz CT molecular complexity index is 1040. The number of hydrogen-bond acceptors (Lipinski definition) is 6. The van der Waals surface area contributed by atoms with E-state index in [1.165, 1.54) is 17.2 Å². The van der Waals surface area contributed by atoms with Crippen LogP contribution in [0.3, 0.4) is 0 Å². The summed E-state index contributed by atoms with van der Waals surface area (Å²) in [6, 6.07) is 9.53. The Balaban J connectivity index is 1.76. The van der Waals surface area contributed by atoms with Gasteiger partial charge in [-0.1, -0.05) is 51.8 Å². The summed E-state index contributed by atoms with van der Waals surface area (Å²) >= 11 is 9.46. The first-order chi connectivity index (χ1) is 13.7. The Kier molecular flexibility index (Phi) is 6.25. The van der Waals surface area contributed by atoms with Gasteiger partial charge in [-0.2, -0.15) is 0 Å². The fourth-order valence-corrected chi connectivity index (χ4v) is 3.75. The number of nitro groups is 1. The van der Waals surface area contributed by atoms with Crippen LogP contribution in [0.2, 0.25) is 5.02 Å². The summed E-state index contributed by atoms with van der Waals surface area (Å²) < 4.78 is 5.22. The van der Waals surface area contributed by atoms with Gasteiger partial charge in [-0.05, 0) is 10.5 Å². The molecular formula is C18H20BrClN5O4+. The van der Waals surface area contributed by atoms with E-state index in [4.69, 9.17) is 11.6 Å². The molecule has 1 N–H and O–H groups in total. The largest absolute Gasteiger partial charge is 0.370 e. The van der Waals surface area contributed by atoms with Gasteiger partial charge < -0.3 is 15.0 Å². The van der Waals surface area contributed by atoms with Crippen molar-refractivity contribution in [2.45, 2.75) is 11.9 Å². The smallest absolute Gasteiger partial charge is 0.315 e. The molecular weight excluding hydrogens is 466 g/mol. The van der Waals surface area contributed by atoms with Crippen LogP contribution in [0.1, 0.15) is 11.1 Å². The number of quaternary nitrogens is 1. The van der Waals surface area contributed by atoms with Crippen LogP contribution in [0.15, 0.2) is 35.0 Å². The highest BCUT2D eigenvalue weighted by molar-refractivity contribution is 9.08. The molecule has 11 heteroatoms. The molecule has 1 aromatic heterocycles. The average molecular weight is 486 g/mol. The monoisotopic (exact) mass is 484 g/mol. The Morgan fingerprint density at radius 3 is 2.59 bits per heavy atom. The summed E-state index contributed by atoms with van der Waals surface area (Å²) in [5.41, 5.74) is 2.26. The van der Waals surface area contributed by atoms with Gasteiger partial charge in [-0.3, -0.25) is 14.7 Å². The first-order valence-corrected chi connectivity index (χ1v) is 10.3. The number of alkyl halides is 1. The molecule has 3 aromatic rings. The fraction of sp³-hybridized carbons (Fsp3) is 0.333. The van der Waals surface area contributed by atoms with E-state index in [2.05, 4.69) is 69.4 Å². The number of benzene rings is 2. The highest BCUT2D eigenvalue weighted by atomic mass is 79.9. The van der Waals surface area contributed by atoms with Crippen molar-refractivity contribution >= 4 is 49.9 Å². The average Bonchev–Trinajstić information content (AvgIpc) is 3.02. The summed E-state index contributed by atoms with van der Waals surface area (Å²) in [6.07, 6.45) is 0. The quantitative estimate of drug-likeness (QED) is 0.172. The number of rotatable bonds is 8. The molecule has 0 bridgehead atoms. The van der Waals surface area contributed by atoms with Crippen LogP contribution in [-0.2, 0) is 11.9 Å². The van der Waals surface area contributed by atoms with Gasteiger partial charge in [0, 0.05) is 22.1 Å². The third-order valence-corrected chi connectivity index (χ3v) is 5.53. The Hall–Kier alpha value is -2.43. The predicted molar refractivity (Wildman–Crippen MR) is 113 cm³/mol. The minimum atomic E-state index is -0.598. The zero-order valence-corrected chi connectivity index (χ0v) is 18.2. The maximum Gasteiger partial charge on any atom is 0.315 e.